The van der Waals surface area contributed by atoms with Crippen molar-refractivity contribution in [3.63, 3.8) is 0 Å². The number of nitrogens with zero attached hydrogens (tertiary/aromatic N) is 4. The van der Waals surface area contributed by atoms with Crippen molar-refractivity contribution in [2.24, 2.45) is 0 Å². The Bertz CT molecular complexity index is 603. The monoisotopic (exact) mass is 273 g/mol. The molecule has 1 aliphatic heterocycles. The molecule has 2 N–H and O–H groups in total. The third kappa shape index (κ3) is 2.16. The predicted octanol–water partition coefficient (Wildman–Crippen LogP) is 1.97. The Morgan fingerprint density at radius 3 is 3.05 bits per heavy atom. The summed E-state index contributed by atoms with van der Waals surface area (Å²) in [5, 5.41) is 12.1. The first-order valence-electron chi connectivity index (χ1n) is 6.93. The average Bonchev–Trinajstić information content (AvgIpc) is 3.11. The summed E-state index contributed by atoms with van der Waals surface area (Å²) in [4.78, 5) is 0. The third-order valence-electron chi connectivity index (χ3n) is 4.00. The normalized spacial score (nSPS) is 20.2. The van der Waals surface area contributed by atoms with Gasteiger partial charge in [0.25, 0.3) is 0 Å². The predicted molar refractivity (Wildman–Crippen MR) is 76.1 cm³/mol. The quantitative estimate of drug-likeness (QED) is 0.865. The maximum absolute atomic E-state index is 5.97. The van der Waals surface area contributed by atoms with Gasteiger partial charge in [0.05, 0.1) is 12.1 Å². The molecule has 1 fully saturated rings. The Morgan fingerprint density at radius 1 is 1.45 bits per heavy atom. The Hall–Kier alpha value is -1.95. The average molecular weight is 273 g/mol. The van der Waals surface area contributed by atoms with Gasteiger partial charge in [-0.2, -0.15) is 0 Å². The summed E-state index contributed by atoms with van der Waals surface area (Å²) in [6, 6.07) is 5.92. The van der Waals surface area contributed by atoms with Gasteiger partial charge in [-0.05, 0) is 48.7 Å². The van der Waals surface area contributed by atoms with E-state index in [1.54, 1.807) is 0 Å². The van der Waals surface area contributed by atoms with E-state index < -0.39 is 0 Å². The van der Waals surface area contributed by atoms with Crippen molar-refractivity contribution < 1.29 is 4.74 Å². The van der Waals surface area contributed by atoms with Crippen LogP contribution in [0.3, 0.4) is 0 Å². The van der Waals surface area contributed by atoms with Crippen molar-refractivity contribution >= 4 is 5.69 Å². The largest absolute Gasteiger partial charge is 0.398 e. The SMILES string of the molecule is Cc1c(N)cccc1-c1nnnn1C(C)C1CCCO1. The number of hydrogen-bond acceptors (Lipinski definition) is 5. The lowest BCUT2D eigenvalue weighted by Gasteiger charge is -2.20. The van der Waals surface area contributed by atoms with Gasteiger partial charge < -0.3 is 10.5 Å². The second kappa shape index (κ2) is 5.20. The van der Waals surface area contributed by atoms with Crippen LogP contribution in [0.2, 0.25) is 0 Å². The highest BCUT2D eigenvalue weighted by molar-refractivity contribution is 5.67. The minimum absolute atomic E-state index is 0.114. The van der Waals surface area contributed by atoms with E-state index in [-0.39, 0.29) is 12.1 Å². The van der Waals surface area contributed by atoms with E-state index >= 15 is 0 Å². The summed E-state index contributed by atoms with van der Waals surface area (Å²) < 4.78 is 7.59. The molecule has 2 aromatic rings. The molecule has 1 aliphatic rings. The maximum Gasteiger partial charge on any atom is 0.182 e. The molecule has 1 aromatic carbocycles. The minimum Gasteiger partial charge on any atom is -0.398 e. The molecule has 3 rings (SSSR count). The van der Waals surface area contributed by atoms with Crippen LogP contribution in [0.4, 0.5) is 5.69 Å². The highest BCUT2D eigenvalue weighted by Crippen LogP contribution is 2.29. The molecule has 0 aliphatic carbocycles. The zero-order chi connectivity index (χ0) is 14.1. The standard InChI is InChI=1S/C14H19N5O/c1-9-11(5-3-6-12(9)15)14-16-17-18-19(14)10(2)13-7-4-8-20-13/h3,5-6,10,13H,4,7-8,15H2,1-2H3. The second-order valence-corrected chi connectivity index (χ2v) is 5.26. The van der Waals surface area contributed by atoms with Gasteiger partial charge >= 0.3 is 0 Å². The van der Waals surface area contributed by atoms with E-state index in [2.05, 4.69) is 22.4 Å². The second-order valence-electron chi connectivity index (χ2n) is 5.26. The summed E-state index contributed by atoms with van der Waals surface area (Å²) in [6.07, 6.45) is 2.33. The molecule has 6 heteroatoms. The van der Waals surface area contributed by atoms with Crippen molar-refractivity contribution in [3.8, 4) is 11.4 Å². The molecule has 2 unspecified atom stereocenters. The maximum atomic E-state index is 5.97. The van der Waals surface area contributed by atoms with Crippen LogP contribution in [0.15, 0.2) is 18.2 Å². The fraction of sp³-hybridized carbons (Fsp3) is 0.500. The fourth-order valence-corrected chi connectivity index (χ4v) is 2.68. The number of hydrogen-bond donors (Lipinski definition) is 1. The molecule has 106 valence electrons. The van der Waals surface area contributed by atoms with Gasteiger partial charge in [-0.1, -0.05) is 12.1 Å². The molecule has 1 saturated heterocycles. The van der Waals surface area contributed by atoms with Gasteiger partial charge in [-0.3, -0.25) is 0 Å². The molecule has 1 aromatic heterocycles. The van der Waals surface area contributed by atoms with Crippen LogP contribution in [0.25, 0.3) is 11.4 Å². The van der Waals surface area contributed by atoms with E-state index in [1.165, 1.54) is 0 Å². The third-order valence-corrected chi connectivity index (χ3v) is 4.00. The Kier molecular flexibility index (Phi) is 3.40. The number of ether oxygens (including phenoxy) is 1. The van der Waals surface area contributed by atoms with Crippen LogP contribution in [0, 0.1) is 6.92 Å². The van der Waals surface area contributed by atoms with Crippen LogP contribution < -0.4 is 5.73 Å². The number of tetrazole rings is 1. The summed E-state index contributed by atoms with van der Waals surface area (Å²) in [5.74, 6) is 0.748. The van der Waals surface area contributed by atoms with E-state index in [1.807, 2.05) is 29.8 Å². The molecule has 2 atom stereocenters. The molecule has 2 heterocycles. The van der Waals surface area contributed by atoms with Gasteiger partial charge in [-0.25, -0.2) is 4.68 Å². The molecule has 0 radical (unpaired) electrons. The van der Waals surface area contributed by atoms with Crippen LogP contribution in [-0.2, 0) is 4.74 Å². The summed E-state index contributed by atoms with van der Waals surface area (Å²) in [5.41, 5.74) is 8.70. The highest BCUT2D eigenvalue weighted by atomic mass is 16.5. The van der Waals surface area contributed by atoms with Crippen LogP contribution in [-0.4, -0.2) is 32.9 Å². The first kappa shape index (κ1) is 13.1. The molecule has 20 heavy (non-hydrogen) atoms. The number of nitrogen functional groups attached to an aromatic ring is 1. The van der Waals surface area contributed by atoms with Gasteiger partial charge in [0.2, 0.25) is 0 Å². The topological polar surface area (TPSA) is 78.9 Å². The number of aromatic nitrogens is 4. The minimum atomic E-state index is 0.114. The zero-order valence-electron chi connectivity index (χ0n) is 11.8. The highest BCUT2D eigenvalue weighted by Gasteiger charge is 2.27. The summed E-state index contributed by atoms with van der Waals surface area (Å²) in [6.45, 7) is 4.90. The van der Waals surface area contributed by atoms with Crippen LogP contribution >= 0.6 is 0 Å². The Morgan fingerprint density at radius 2 is 2.30 bits per heavy atom. The first-order chi connectivity index (χ1) is 9.68. The zero-order valence-corrected chi connectivity index (χ0v) is 11.8. The molecule has 0 bridgehead atoms. The molecular formula is C14H19N5O. The lowest BCUT2D eigenvalue weighted by molar-refractivity contribution is 0.0690. The van der Waals surface area contributed by atoms with Crippen molar-refractivity contribution in [3.05, 3.63) is 23.8 Å². The van der Waals surface area contributed by atoms with Gasteiger partial charge in [0, 0.05) is 17.9 Å². The number of benzene rings is 1. The van der Waals surface area contributed by atoms with E-state index in [9.17, 15) is 0 Å². The molecule has 0 saturated carbocycles. The Labute approximate surface area is 117 Å². The number of anilines is 1. The van der Waals surface area contributed by atoms with E-state index in [4.69, 9.17) is 10.5 Å². The van der Waals surface area contributed by atoms with E-state index in [0.29, 0.717) is 0 Å². The van der Waals surface area contributed by atoms with Crippen LogP contribution in [0.1, 0.15) is 31.4 Å². The smallest absolute Gasteiger partial charge is 0.182 e. The first-order valence-corrected chi connectivity index (χ1v) is 6.93. The van der Waals surface area contributed by atoms with Crippen molar-refractivity contribution in [2.75, 3.05) is 12.3 Å². The number of rotatable bonds is 3. The van der Waals surface area contributed by atoms with Gasteiger partial charge in [0.1, 0.15) is 0 Å². The Balaban J connectivity index is 1.99. The lowest BCUT2D eigenvalue weighted by atomic mass is 10.1. The summed E-state index contributed by atoms with van der Waals surface area (Å²) in [7, 11) is 0. The van der Waals surface area contributed by atoms with Crippen LogP contribution in [0.5, 0.6) is 0 Å². The molecule has 0 amide bonds. The van der Waals surface area contributed by atoms with Crippen molar-refractivity contribution in [2.45, 2.75) is 38.8 Å². The van der Waals surface area contributed by atoms with Gasteiger partial charge in [0.15, 0.2) is 5.82 Å². The molecule has 0 spiro atoms. The van der Waals surface area contributed by atoms with Gasteiger partial charge in [-0.15, -0.1) is 5.10 Å². The van der Waals surface area contributed by atoms with Crippen molar-refractivity contribution in [1.82, 2.24) is 20.2 Å². The molecule has 6 nitrogen and oxygen atoms in total. The lowest BCUT2D eigenvalue weighted by Crippen LogP contribution is -2.22. The van der Waals surface area contributed by atoms with Crippen molar-refractivity contribution in [1.29, 1.82) is 0 Å². The van der Waals surface area contributed by atoms with E-state index in [0.717, 1.165) is 42.1 Å². The number of nitrogens with two attached hydrogens (primary N) is 1. The molecular weight excluding hydrogens is 254 g/mol. The fourth-order valence-electron chi connectivity index (χ4n) is 2.68. The summed E-state index contributed by atoms with van der Waals surface area (Å²) >= 11 is 0.